The first-order valence-corrected chi connectivity index (χ1v) is 12.3. The second-order valence-electron chi connectivity index (χ2n) is 7.15. The van der Waals surface area contributed by atoms with E-state index in [2.05, 4.69) is 24.3 Å². The van der Waals surface area contributed by atoms with Crippen LogP contribution in [-0.2, 0) is 0 Å². The van der Waals surface area contributed by atoms with Gasteiger partial charge in [0.2, 0.25) is 0 Å². The highest BCUT2D eigenvalue weighted by atomic mass is 33.1. The first-order chi connectivity index (χ1) is 15.7. The zero-order valence-electron chi connectivity index (χ0n) is 17.0. The Bertz CT molecular complexity index is 1180. The number of aromatic hydroxyl groups is 1. The Morgan fingerprint density at radius 1 is 0.688 bits per heavy atom. The van der Waals surface area contributed by atoms with Gasteiger partial charge in [-0.15, -0.1) is 0 Å². The van der Waals surface area contributed by atoms with Gasteiger partial charge < -0.3 is 19.1 Å². The average Bonchev–Trinajstić information content (AvgIpc) is 3.28. The zero-order valence-corrected chi connectivity index (χ0v) is 18.6. The number of hydrogen-bond acceptors (Lipinski definition) is 6. The molecule has 1 heterocycles. The molecule has 0 amide bonds. The van der Waals surface area contributed by atoms with Crippen LogP contribution in [0.5, 0.6) is 23.0 Å². The molecule has 8 heteroatoms. The number of phenols is 1. The van der Waals surface area contributed by atoms with Gasteiger partial charge in [0.25, 0.3) is 0 Å². The predicted molar refractivity (Wildman–Crippen MR) is 133 cm³/mol. The minimum Gasteiger partial charge on any atom is -0.557 e. The SMILES string of the molecule is Oc1ccccc1OBc1ccc(SSc2ccc(B3Oc4ccccc4O3)cc2)cc1. The standard InChI is InChI=1S/C24H18B2O4S2/c27-21-5-1-2-6-22(21)28-25-17-9-13-19(14-10-17)31-32-20-15-11-18(12-16-20)26-29-23-7-3-4-8-24(23)30-26/h1-16,25,27H. The van der Waals surface area contributed by atoms with E-state index >= 15 is 0 Å². The molecule has 0 spiro atoms. The lowest BCUT2D eigenvalue weighted by Gasteiger charge is -2.08. The van der Waals surface area contributed by atoms with E-state index in [-0.39, 0.29) is 5.75 Å². The topological polar surface area (TPSA) is 47.9 Å². The molecule has 4 nitrogen and oxygen atoms in total. The van der Waals surface area contributed by atoms with Crippen molar-refractivity contribution in [3.8, 4) is 23.0 Å². The van der Waals surface area contributed by atoms with E-state index in [9.17, 15) is 5.11 Å². The van der Waals surface area contributed by atoms with E-state index in [4.69, 9.17) is 14.0 Å². The number of phenolic OH excluding ortho intramolecular Hbond substituents is 1. The lowest BCUT2D eigenvalue weighted by Crippen LogP contribution is -2.38. The molecule has 0 saturated heterocycles. The summed E-state index contributed by atoms with van der Waals surface area (Å²) in [7, 11) is 3.41. The third-order valence-electron chi connectivity index (χ3n) is 4.89. The first-order valence-electron chi connectivity index (χ1n) is 10.1. The summed E-state index contributed by atoms with van der Waals surface area (Å²) >= 11 is 0. The fraction of sp³-hybridized carbons (Fsp3) is 0. The van der Waals surface area contributed by atoms with E-state index in [0.29, 0.717) is 13.2 Å². The Morgan fingerprint density at radius 2 is 1.25 bits per heavy atom. The van der Waals surface area contributed by atoms with E-state index in [1.54, 1.807) is 39.8 Å². The van der Waals surface area contributed by atoms with Crippen molar-refractivity contribution in [1.82, 2.24) is 0 Å². The van der Waals surface area contributed by atoms with Gasteiger partial charge in [-0.1, -0.05) is 70.1 Å². The molecule has 1 aliphatic rings. The Balaban J connectivity index is 1.13. The lowest BCUT2D eigenvalue weighted by atomic mass is 9.79. The van der Waals surface area contributed by atoms with Crippen molar-refractivity contribution in [1.29, 1.82) is 0 Å². The quantitative estimate of drug-likeness (QED) is 0.329. The van der Waals surface area contributed by atoms with Crippen molar-refractivity contribution in [2.24, 2.45) is 0 Å². The lowest BCUT2D eigenvalue weighted by molar-refractivity contribution is 0.444. The molecule has 32 heavy (non-hydrogen) atoms. The van der Waals surface area contributed by atoms with Crippen LogP contribution in [0.4, 0.5) is 0 Å². The average molecular weight is 456 g/mol. The molecular formula is C24H18B2O4S2. The van der Waals surface area contributed by atoms with Gasteiger partial charge in [0.05, 0.1) is 0 Å². The van der Waals surface area contributed by atoms with Crippen LogP contribution in [0.2, 0.25) is 0 Å². The molecule has 0 bridgehead atoms. The summed E-state index contributed by atoms with van der Waals surface area (Å²) < 4.78 is 17.4. The maximum absolute atomic E-state index is 9.79. The maximum atomic E-state index is 9.79. The van der Waals surface area contributed by atoms with E-state index in [0.717, 1.165) is 32.2 Å². The van der Waals surface area contributed by atoms with Crippen LogP contribution >= 0.6 is 21.6 Å². The van der Waals surface area contributed by atoms with Crippen LogP contribution in [0.3, 0.4) is 0 Å². The summed E-state index contributed by atoms with van der Waals surface area (Å²) in [6.07, 6.45) is 0. The van der Waals surface area contributed by atoms with Crippen molar-refractivity contribution in [2.45, 2.75) is 9.79 Å². The largest absolute Gasteiger partial charge is 0.632 e. The van der Waals surface area contributed by atoms with Gasteiger partial charge in [-0.2, -0.15) is 0 Å². The minimum absolute atomic E-state index is 0.151. The third kappa shape index (κ3) is 4.87. The number of rotatable bonds is 7. The molecule has 0 saturated carbocycles. The fourth-order valence-corrected chi connectivity index (χ4v) is 5.12. The highest BCUT2D eigenvalue weighted by molar-refractivity contribution is 8.76. The number of hydrogen-bond donors (Lipinski definition) is 1. The van der Waals surface area contributed by atoms with E-state index in [1.165, 1.54) is 0 Å². The Labute approximate surface area is 195 Å². The Morgan fingerprint density at radius 3 is 1.88 bits per heavy atom. The van der Waals surface area contributed by atoms with Gasteiger partial charge in [-0.3, -0.25) is 0 Å². The number of benzene rings is 4. The molecule has 1 N–H and O–H groups in total. The molecule has 156 valence electrons. The van der Waals surface area contributed by atoms with Crippen LogP contribution in [0, 0.1) is 0 Å². The summed E-state index contributed by atoms with van der Waals surface area (Å²) in [5.41, 5.74) is 2.04. The Kier molecular flexibility index (Phi) is 6.23. The van der Waals surface area contributed by atoms with Crippen LogP contribution in [0.1, 0.15) is 0 Å². The van der Waals surface area contributed by atoms with Crippen molar-refractivity contribution in [3.05, 3.63) is 97.1 Å². The van der Waals surface area contributed by atoms with Gasteiger partial charge in [0, 0.05) is 15.3 Å². The van der Waals surface area contributed by atoms with Crippen LogP contribution in [0.15, 0.2) is 107 Å². The molecule has 4 aromatic carbocycles. The Hall–Kier alpha value is -3.09. The predicted octanol–water partition coefficient (Wildman–Crippen LogP) is 4.41. The fourth-order valence-electron chi connectivity index (χ4n) is 3.19. The highest BCUT2D eigenvalue weighted by Gasteiger charge is 2.33. The van der Waals surface area contributed by atoms with Crippen LogP contribution in [0.25, 0.3) is 0 Å². The summed E-state index contributed by atoms with van der Waals surface area (Å²) in [5, 5.41) is 9.79. The van der Waals surface area contributed by atoms with Crippen molar-refractivity contribution >= 4 is 47.1 Å². The molecule has 0 aromatic heterocycles. The van der Waals surface area contributed by atoms with Gasteiger partial charge >= 0.3 is 14.6 Å². The molecule has 0 radical (unpaired) electrons. The van der Waals surface area contributed by atoms with Gasteiger partial charge in [0.15, 0.2) is 5.75 Å². The second-order valence-corrected chi connectivity index (χ2v) is 9.43. The molecule has 0 atom stereocenters. The number of para-hydroxylation sites is 4. The van der Waals surface area contributed by atoms with E-state index < -0.39 is 7.12 Å². The summed E-state index contributed by atoms with van der Waals surface area (Å²) in [4.78, 5) is 2.31. The molecular weight excluding hydrogens is 438 g/mol. The molecule has 4 aromatic rings. The maximum Gasteiger partial charge on any atom is 0.632 e. The molecule has 1 aliphatic heterocycles. The van der Waals surface area contributed by atoms with Gasteiger partial charge in [-0.25, -0.2) is 0 Å². The normalized spacial score (nSPS) is 11.9. The minimum atomic E-state index is -0.397. The summed E-state index contributed by atoms with van der Waals surface area (Å²) in [5.74, 6) is 2.20. The summed E-state index contributed by atoms with van der Waals surface area (Å²) in [6, 6.07) is 31.2. The smallest absolute Gasteiger partial charge is 0.557 e. The van der Waals surface area contributed by atoms with Gasteiger partial charge in [-0.05, 0) is 54.0 Å². The van der Waals surface area contributed by atoms with Crippen molar-refractivity contribution in [3.63, 3.8) is 0 Å². The zero-order chi connectivity index (χ0) is 21.8. The molecule has 0 unspecified atom stereocenters. The van der Waals surface area contributed by atoms with Crippen molar-refractivity contribution < 1.29 is 19.1 Å². The van der Waals surface area contributed by atoms with Crippen molar-refractivity contribution in [2.75, 3.05) is 0 Å². The molecule has 0 fully saturated rings. The van der Waals surface area contributed by atoms with Crippen LogP contribution in [-0.4, -0.2) is 19.7 Å². The van der Waals surface area contributed by atoms with Gasteiger partial charge in [0.1, 0.15) is 17.2 Å². The third-order valence-corrected chi connectivity index (χ3v) is 7.30. The molecule has 5 rings (SSSR count). The van der Waals surface area contributed by atoms with Crippen LogP contribution < -0.4 is 24.9 Å². The monoisotopic (exact) mass is 456 g/mol. The highest BCUT2D eigenvalue weighted by Crippen LogP contribution is 2.37. The number of fused-ring (bicyclic) bond motifs is 1. The van der Waals surface area contributed by atoms with E-state index in [1.807, 2.05) is 54.6 Å². The first kappa shape index (κ1) is 20.8. The summed E-state index contributed by atoms with van der Waals surface area (Å²) in [6.45, 7) is 0. The second kappa shape index (κ2) is 9.59. The molecule has 0 aliphatic carbocycles.